The Hall–Kier alpha value is -2.31. The number of rotatable bonds is 4. The number of anilines is 2. The molecule has 0 saturated carbocycles. The Kier molecular flexibility index (Phi) is 4.07. The summed E-state index contributed by atoms with van der Waals surface area (Å²) in [5, 5.41) is 5.81. The van der Waals surface area contributed by atoms with Gasteiger partial charge in [-0.3, -0.25) is 0 Å². The number of hydrogen-bond donors (Lipinski definition) is 2. The van der Waals surface area contributed by atoms with Crippen molar-refractivity contribution in [2.45, 2.75) is 12.7 Å². The van der Waals surface area contributed by atoms with Crippen LogP contribution in [0.2, 0.25) is 0 Å². The zero-order valence-corrected chi connectivity index (χ0v) is 10.7. The van der Waals surface area contributed by atoms with Gasteiger partial charge in [0.2, 0.25) is 0 Å². The summed E-state index contributed by atoms with van der Waals surface area (Å²) < 4.78 is 37.7. The number of nitrogens with zero attached hydrogens (tertiary/aromatic N) is 2. The van der Waals surface area contributed by atoms with E-state index in [2.05, 4.69) is 20.6 Å². The summed E-state index contributed by atoms with van der Waals surface area (Å²) >= 11 is 0. The fraction of sp³-hybridized carbons (Fsp3) is 0.231. The van der Waals surface area contributed by atoms with Gasteiger partial charge in [0.1, 0.15) is 18.0 Å². The second-order valence-electron chi connectivity index (χ2n) is 4.09. The maximum atomic E-state index is 12.6. The van der Waals surface area contributed by atoms with Gasteiger partial charge >= 0.3 is 6.18 Å². The first-order valence-corrected chi connectivity index (χ1v) is 5.89. The molecule has 0 radical (unpaired) electrons. The van der Waals surface area contributed by atoms with Gasteiger partial charge in [-0.15, -0.1) is 0 Å². The Balaban J connectivity index is 2.07. The fourth-order valence-corrected chi connectivity index (χ4v) is 1.64. The molecule has 1 aromatic carbocycles. The van der Waals surface area contributed by atoms with Crippen LogP contribution < -0.4 is 10.6 Å². The molecule has 0 amide bonds. The van der Waals surface area contributed by atoms with Crippen molar-refractivity contribution in [2.75, 3.05) is 17.7 Å². The number of nitrogens with one attached hydrogen (secondary N) is 2. The van der Waals surface area contributed by atoms with Crippen molar-refractivity contribution >= 4 is 11.6 Å². The molecule has 0 bridgehead atoms. The summed E-state index contributed by atoms with van der Waals surface area (Å²) in [7, 11) is 1.72. The van der Waals surface area contributed by atoms with Crippen LogP contribution in [0.25, 0.3) is 0 Å². The van der Waals surface area contributed by atoms with Gasteiger partial charge in [0.15, 0.2) is 0 Å². The number of halogens is 3. The topological polar surface area (TPSA) is 49.8 Å². The van der Waals surface area contributed by atoms with E-state index >= 15 is 0 Å². The molecular formula is C13H13F3N4. The smallest absolute Gasteiger partial charge is 0.373 e. The van der Waals surface area contributed by atoms with Gasteiger partial charge in [-0.2, -0.15) is 13.2 Å². The number of hydrogen-bond acceptors (Lipinski definition) is 4. The third kappa shape index (κ3) is 3.59. The summed E-state index contributed by atoms with van der Waals surface area (Å²) in [4.78, 5) is 7.94. The highest BCUT2D eigenvalue weighted by Crippen LogP contribution is 2.29. The van der Waals surface area contributed by atoms with E-state index in [-0.39, 0.29) is 6.54 Å². The van der Waals surface area contributed by atoms with Crippen molar-refractivity contribution in [3.8, 4) is 0 Å². The SMILES string of the molecule is CNc1cc(NCc2cccc(C(F)(F)F)c2)ncn1. The standard InChI is InChI=1S/C13H13F3N4/c1-17-11-6-12(20-8-19-11)18-7-9-3-2-4-10(5-9)13(14,15)16/h2-6,8H,7H2,1H3,(H2,17,18,19,20). The van der Waals surface area contributed by atoms with E-state index < -0.39 is 11.7 Å². The van der Waals surface area contributed by atoms with Gasteiger partial charge < -0.3 is 10.6 Å². The molecule has 0 unspecified atom stereocenters. The second-order valence-corrected chi connectivity index (χ2v) is 4.09. The lowest BCUT2D eigenvalue weighted by Crippen LogP contribution is -2.07. The first-order valence-electron chi connectivity index (χ1n) is 5.89. The minimum Gasteiger partial charge on any atom is -0.373 e. The molecule has 0 aliphatic rings. The summed E-state index contributed by atoms with van der Waals surface area (Å²) in [5.74, 6) is 1.17. The maximum Gasteiger partial charge on any atom is 0.416 e. The van der Waals surface area contributed by atoms with Gasteiger partial charge in [-0.05, 0) is 17.7 Å². The van der Waals surface area contributed by atoms with E-state index in [1.165, 1.54) is 12.4 Å². The zero-order valence-electron chi connectivity index (χ0n) is 10.7. The molecule has 20 heavy (non-hydrogen) atoms. The van der Waals surface area contributed by atoms with E-state index in [0.29, 0.717) is 17.2 Å². The predicted molar refractivity (Wildman–Crippen MR) is 70.3 cm³/mol. The van der Waals surface area contributed by atoms with Crippen LogP contribution in [-0.2, 0) is 12.7 Å². The molecule has 106 valence electrons. The summed E-state index contributed by atoms with van der Waals surface area (Å²) in [6, 6.07) is 6.86. The van der Waals surface area contributed by atoms with Crippen LogP contribution in [0, 0.1) is 0 Å². The Morgan fingerprint density at radius 2 is 1.85 bits per heavy atom. The second kappa shape index (κ2) is 5.77. The number of aromatic nitrogens is 2. The molecule has 2 aromatic rings. The zero-order chi connectivity index (χ0) is 14.6. The molecule has 0 atom stereocenters. The minimum absolute atomic E-state index is 0.254. The highest BCUT2D eigenvalue weighted by molar-refractivity contribution is 5.46. The van der Waals surface area contributed by atoms with Gasteiger partial charge in [0.25, 0.3) is 0 Å². The van der Waals surface area contributed by atoms with E-state index in [1.807, 2.05) is 0 Å². The molecule has 4 nitrogen and oxygen atoms in total. The van der Waals surface area contributed by atoms with Crippen LogP contribution >= 0.6 is 0 Å². The summed E-state index contributed by atoms with van der Waals surface area (Å²) in [6.07, 6.45) is -2.95. The number of alkyl halides is 3. The Labute approximate surface area is 114 Å². The summed E-state index contributed by atoms with van der Waals surface area (Å²) in [6.45, 7) is 0.254. The van der Waals surface area contributed by atoms with Gasteiger partial charge in [-0.25, -0.2) is 9.97 Å². The third-order valence-corrected chi connectivity index (χ3v) is 2.65. The Bertz CT molecular complexity index is 584. The van der Waals surface area contributed by atoms with Crippen molar-refractivity contribution in [3.05, 3.63) is 47.8 Å². The molecule has 0 aliphatic heterocycles. The molecule has 0 saturated heterocycles. The van der Waals surface area contributed by atoms with Crippen LogP contribution in [0.5, 0.6) is 0 Å². The predicted octanol–water partition coefficient (Wildman–Crippen LogP) is 3.15. The lowest BCUT2D eigenvalue weighted by molar-refractivity contribution is -0.137. The normalized spacial score (nSPS) is 11.2. The fourth-order valence-electron chi connectivity index (χ4n) is 1.64. The van der Waals surface area contributed by atoms with Crippen molar-refractivity contribution in [2.24, 2.45) is 0 Å². The molecule has 7 heteroatoms. The first-order chi connectivity index (χ1) is 9.49. The van der Waals surface area contributed by atoms with Crippen molar-refractivity contribution in [1.82, 2.24) is 9.97 Å². The largest absolute Gasteiger partial charge is 0.416 e. The third-order valence-electron chi connectivity index (χ3n) is 2.65. The average Bonchev–Trinajstić information content (AvgIpc) is 2.45. The number of benzene rings is 1. The molecular weight excluding hydrogens is 269 g/mol. The van der Waals surface area contributed by atoms with Crippen LogP contribution in [0.3, 0.4) is 0 Å². The van der Waals surface area contributed by atoms with Gasteiger partial charge in [0.05, 0.1) is 5.56 Å². The van der Waals surface area contributed by atoms with Gasteiger partial charge in [-0.1, -0.05) is 12.1 Å². The monoisotopic (exact) mass is 282 g/mol. The molecule has 2 rings (SSSR count). The quantitative estimate of drug-likeness (QED) is 0.904. The highest BCUT2D eigenvalue weighted by Gasteiger charge is 2.30. The molecule has 0 spiro atoms. The van der Waals surface area contributed by atoms with Crippen LogP contribution in [0.4, 0.5) is 24.8 Å². The lowest BCUT2D eigenvalue weighted by Gasteiger charge is -2.10. The van der Waals surface area contributed by atoms with E-state index in [4.69, 9.17) is 0 Å². The van der Waals surface area contributed by atoms with Crippen LogP contribution in [0.1, 0.15) is 11.1 Å². The van der Waals surface area contributed by atoms with Crippen molar-refractivity contribution < 1.29 is 13.2 Å². The van der Waals surface area contributed by atoms with Crippen molar-refractivity contribution in [1.29, 1.82) is 0 Å². The molecule has 0 aliphatic carbocycles. The molecule has 2 N–H and O–H groups in total. The van der Waals surface area contributed by atoms with Gasteiger partial charge in [0, 0.05) is 19.7 Å². The Morgan fingerprint density at radius 1 is 1.10 bits per heavy atom. The van der Waals surface area contributed by atoms with E-state index in [1.54, 1.807) is 19.2 Å². The minimum atomic E-state index is -4.33. The molecule has 1 aromatic heterocycles. The lowest BCUT2D eigenvalue weighted by atomic mass is 10.1. The van der Waals surface area contributed by atoms with E-state index in [0.717, 1.165) is 12.1 Å². The maximum absolute atomic E-state index is 12.6. The molecule has 0 fully saturated rings. The highest BCUT2D eigenvalue weighted by atomic mass is 19.4. The van der Waals surface area contributed by atoms with Crippen LogP contribution in [0.15, 0.2) is 36.7 Å². The molecule has 1 heterocycles. The average molecular weight is 282 g/mol. The summed E-state index contributed by atoms with van der Waals surface area (Å²) in [5.41, 5.74) is -0.125. The van der Waals surface area contributed by atoms with Crippen molar-refractivity contribution in [3.63, 3.8) is 0 Å². The Morgan fingerprint density at radius 3 is 2.55 bits per heavy atom. The van der Waals surface area contributed by atoms with Crippen LogP contribution in [-0.4, -0.2) is 17.0 Å². The first kappa shape index (κ1) is 14.1. The van der Waals surface area contributed by atoms with E-state index in [9.17, 15) is 13.2 Å².